The van der Waals surface area contributed by atoms with E-state index in [2.05, 4.69) is 10.6 Å². The summed E-state index contributed by atoms with van der Waals surface area (Å²) >= 11 is 0. The van der Waals surface area contributed by atoms with Gasteiger partial charge in [0, 0.05) is 23.6 Å². The van der Waals surface area contributed by atoms with Gasteiger partial charge in [-0.05, 0) is 47.5 Å². The third-order valence-electron chi connectivity index (χ3n) is 4.07. The van der Waals surface area contributed by atoms with Gasteiger partial charge in [-0.25, -0.2) is 9.18 Å². The van der Waals surface area contributed by atoms with Gasteiger partial charge in [0.05, 0.1) is 0 Å². The minimum absolute atomic E-state index is 0.226. The average molecular weight is 335 g/mol. The van der Waals surface area contributed by atoms with Gasteiger partial charge in [-0.1, -0.05) is 18.2 Å². The fourth-order valence-corrected chi connectivity index (χ4v) is 2.93. The number of benzene rings is 2. The van der Waals surface area contributed by atoms with Crippen molar-refractivity contribution < 1.29 is 14.0 Å². The van der Waals surface area contributed by atoms with Gasteiger partial charge < -0.3 is 9.88 Å². The Labute approximate surface area is 142 Å². The average Bonchev–Trinajstić information content (AvgIpc) is 3.10. The van der Waals surface area contributed by atoms with Crippen LogP contribution in [0.25, 0.3) is 17.0 Å². The van der Waals surface area contributed by atoms with E-state index in [1.807, 2.05) is 41.1 Å². The molecule has 1 saturated heterocycles. The lowest BCUT2D eigenvalue weighted by Crippen LogP contribution is -2.22. The summed E-state index contributed by atoms with van der Waals surface area (Å²) in [5.74, 6) is -0.687. The van der Waals surface area contributed by atoms with Crippen LogP contribution in [-0.4, -0.2) is 16.5 Å². The summed E-state index contributed by atoms with van der Waals surface area (Å²) in [6.45, 7) is 0.570. The molecule has 0 spiro atoms. The molecule has 6 heteroatoms. The first-order chi connectivity index (χ1) is 12.1. The van der Waals surface area contributed by atoms with Crippen LogP contribution in [0.15, 0.2) is 60.4 Å². The van der Waals surface area contributed by atoms with Gasteiger partial charge >= 0.3 is 6.03 Å². The molecule has 2 heterocycles. The second-order valence-corrected chi connectivity index (χ2v) is 5.86. The van der Waals surface area contributed by atoms with E-state index in [-0.39, 0.29) is 11.5 Å². The van der Waals surface area contributed by atoms with Crippen molar-refractivity contribution in [2.75, 3.05) is 0 Å². The molecule has 1 fully saturated rings. The number of hydrogen-bond acceptors (Lipinski definition) is 2. The minimum atomic E-state index is -0.515. The summed E-state index contributed by atoms with van der Waals surface area (Å²) < 4.78 is 15.4. The molecule has 124 valence electrons. The van der Waals surface area contributed by atoms with Crippen molar-refractivity contribution in [3.8, 4) is 0 Å². The first-order valence-electron chi connectivity index (χ1n) is 7.76. The van der Waals surface area contributed by atoms with Crippen molar-refractivity contribution >= 4 is 28.9 Å². The quantitative estimate of drug-likeness (QED) is 0.571. The Morgan fingerprint density at radius 2 is 1.92 bits per heavy atom. The molecule has 1 aromatic heterocycles. The smallest absolute Gasteiger partial charge is 0.326 e. The first kappa shape index (κ1) is 15.1. The van der Waals surface area contributed by atoms with Crippen molar-refractivity contribution in [2.24, 2.45) is 0 Å². The molecule has 3 amide bonds. The van der Waals surface area contributed by atoms with Crippen LogP contribution in [0, 0.1) is 5.82 Å². The SMILES string of the molecule is O=C1NC(=O)/C(=C/c2ccc3c(ccn3Cc3cccc(F)c3)c2)N1. The predicted molar refractivity (Wildman–Crippen MR) is 92.1 cm³/mol. The zero-order valence-corrected chi connectivity index (χ0v) is 13.1. The Balaban J connectivity index is 1.64. The number of halogens is 1. The Kier molecular flexibility index (Phi) is 3.57. The van der Waals surface area contributed by atoms with E-state index < -0.39 is 11.9 Å². The minimum Gasteiger partial charge on any atom is -0.343 e. The van der Waals surface area contributed by atoms with Crippen LogP contribution in [0.2, 0.25) is 0 Å². The molecule has 2 N–H and O–H groups in total. The van der Waals surface area contributed by atoms with Crippen LogP contribution in [0.1, 0.15) is 11.1 Å². The van der Waals surface area contributed by atoms with E-state index in [1.165, 1.54) is 12.1 Å². The van der Waals surface area contributed by atoms with Gasteiger partial charge in [0.25, 0.3) is 5.91 Å². The number of urea groups is 1. The van der Waals surface area contributed by atoms with Crippen LogP contribution >= 0.6 is 0 Å². The fraction of sp³-hybridized carbons (Fsp3) is 0.0526. The molecule has 25 heavy (non-hydrogen) atoms. The zero-order chi connectivity index (χ0) is 17.4. The monoisotopic (exact) mass is 335 g/mol. The third kappa shape index (κ3) is 3.01. The Morgan fingerprint density at radius 1 is 1.04 bits per heavy atom. The van der Waals surface area contributed by atoms with Crippen molar-refractivity contribution in [3.63, 3.8) is 0 Å². The highest BCUT2D eigenvalue weighted by atomic mass is 19.1. The predicted octanol–water partition coefficient (Wildman–Crippen LogP) is 3.01. The van der Waals surface area contributed by atoms with E-state index in [1.54, 1.807) is 12.1 Å². The van der Waals surface area contributed by atoms with Crippen LogP contribution in [0.5, 0.6) is 0 Å². The van der Waals surface area contributed by atoms with Gasteiger partial charge in [-0.3, -0.25) is 10.1 Å². The number of amides is 3. The summed E-state index contributed by atoms with van der Waals surface area (Å²) in [6.07, 6.45) is 3.57. The van der Waals surface area contributed by atoms with Crippen LogP contribution in [-0.2, 0) is 11.3 Å². The van der Waals surface area contributed by atoms with Gasteiger partial charge in [-0.2, -0.15) is 0 Å². The maximum atomic E-state index is 13.3. The Bertz CT molecular complexity index is 1040. The number of nitrogens with one attached hydrogen (secondary N) is 2. The number of hydrogen-bond donors (Lipinski definition) is 2. The maximum absolute atomic E-state index is 13.3. The van der Waals surface area contributed by atoms with E-state index in [0.29, 0.717) is 6.54 Å². The summed E-state index contributed by atoms with van der Waals surface area (Å²) in [7, 11) is 0. The van der Waals surface area contributed by atoms with Gasteiger partial charge in [0.15, 0.2) is 0 Å². The van der Waals surface area contributed by atoms with Crippen molar-refractivity contribution in [1.82, 2.24) is 15.2 Å². The summed E-state index contributed by atoms with van der Waals surface area (Å²) in [6, 6.07) is 13.7. The highest BCUT2D eigenvalue weighted by Crippen LogP contribution is 2.21. The summed E-state index contributed by atoms with van der Waals surface area (Å²) in [4.78, 5) is 22.7. The molecule has 1 aliphatic rings. The molecule has 0 aliphatic carbocycles. The molecular weight excluding hydrogens is 321 g/mol. The molecule has 0 bridgehead atoms. The van der Waals surface area contributed by atoms with Crippen molar-refractivity contribution in [3.05, 3.63) is 77.4 Å². The largest absolute Gasteiger partial charge is 0.343 e. The summed E-state index contributed by atoms with van der Waals surface area (Å²) in [5, 5.41) is 5.63. The van der Waals surface area contributed by atoms with Gasteiger partial charge in [-0.15, -0.1) is 0 Å². The lowest BCUT2D eigenvalue weighted by Gasteiger charge is -2.06. The molecule has 0 atom stereocenters. The fourth-order valence-electron chi connectivity index (χ4n) is 2.93. The number of fused-ring (bicyclic) bond motifs is 1. The number of nitrogens with zero attached hydrogens (tertiary/aromatic N) is 1. The maximum Gasteiger partial charge on any atom is 0.326 e. The molecule has 0 saturated carbocycles. The molecule has 3 aromatic rings. The molecule has 1 aliphatic heterocycles. The lowest BCUT2D eigenvalue weighted by atomic mass is 10.1. The van der Waals surface area contributed by atoms with E-state index in [9.17, 15) is 14.0 Å². The van der Waals surface area contributed by atoms with E-state index >= 15 is 0 Å². The summed E-state index contributed by atoms with van der Waals surface area (Å²) in [5.41, 5.74) is 2.92. The van der Waals surface area contributed by atoms with Crippen molar-refractivity contribution in [2.45, 2.75) is 6.54 Å². The molecule has 5 nitrogen and oxygen atoms in total. The number of carbonyl (C=O) groups excluding carboxylic acids is 2. The molecule has 0 radical (unpaired) electrons. The van der Waals surface area contributed by atoms with E-state index in [0.717, 1.165) is 22.0 Å². The van der Waals surface area contributed by atoms with Gasteiger partial charge in [0.2, 0.25) is 0 Å². The highest BCUT2D eigenvalue weighted by molar-refractivity contribution is 6.14. The lowest BCUT2D eigenvalue weighted by molar-refractivity contribution is -0.115. The molecule has 4 rings (SSSR count). The molecule has 2 aromatic carbocycles. The third-order valence-corrected chi connectivity index (χ3v) is 4.07. The van der Waals surface area contributed by atoms with Gasteiger partial charge in [0.1, 0.15) is 11.5 Å². The second kappa shape index (κ2) is 5.90. The number of aromatic nitrogens is 1. The zero-order valence-electron chi connectivity index (χ0n) is 13.1. The van der Waals surface area contributed by atoms with Crippen molar-refractivity contribution in [1.29, 1.82) is 0 Å². The number of carbonyl (C=O) groups is 2. The van der Waals surface area contributed by atoms with Crippen LogP contribution in [0.4, 0.5) is 9.18 Å². The number of imide groups is 1. The standard InChI is InChI=1S/C19H14FN3O2/c20-15-3-1-2-13(9-15)11-23-7-6-14-8-12(4-5-17(14)23)10-16-18(24)22-19(25)21-16/h1-10H,11H2,(H2,21,22,24,25)/b16-10-. The van der Waals surface area contributed by atoms with Crippen LogP contribution < -0.4 is 10.6 Å². The second-order valence-electron chi connectivity index (χ2n) is 5.86. The number of rotatable bonds is 3. The first-order valence-corrected chi connectivity index (χ1v) is 7.76. The molecular formula is C19H14FN3O2. The normalized spacial score (nSPS) is 15.6. The van der Waals surface area contributed by atoms with Crippen LogP contribution in [0.3, 0.4) is 0 Å². The van der Waals surface area contributed by atoms with E-state index in [4.69, 9.17) is 0 Å². The topological polar surface area (TPSA) is 63.1 Å². The Morgan fingerprint density at radius 3 is 2.68 bits per heavy atom. The molecule has 0 unspecified atom stereocenters. The Hall–Kier alpha value is -3.41. The highest BCUT2D eigenvalue weighted by Gasteiger charge is 2.22.